The van der Waals surface area contributed by atoms with Crippen molar-refractivity contribution in [2.75, 3.05) is 17.2 Å². The van der Waals surface area contributed by atoms with Gasteiger partial charge in [0.05, 0.1) is 0 Å². The van der Waals surface area contributed by atoms with Crippen LogP contribution in [0, 0.1) is 0 Å². The zero-order chi connectivity index (χ0) is 8.39. The summed E-state index contributed by atoms with van der Waals surface area (Å²) in [4.78, 5) is 0. The van der Waals surface area contributed by atoms with Crippen molar-refractivity contribution in [1.82, 2.24) is 0 Å². The minimum atomic E-state index is 1.05. The van der Waals surface area contributed by atoms with E-state index >= 15 is 0 Å². The smallest absolute Gasteiger partial charge is 0.0373 e. The van der Waals surface area contributed by atoms with Gasteiger partial charge < -0.3 is 5.32 Å². The maximum absolute atomic E-state index is 3.45. The Labute approximate surface area is 81.3 Å². The molecule has 1 aliphatic rings. The second-order valence-electron chi connectivity index (χ2n) is 3.11. The molecule has 1 aromatic carbocycles. The molecule has 0 aliphatic carbocycles. The van der Waals surface area contributed by atoms with Crippen molar-refractivity contribution in [2.24, 2.45) is 0 Å². The Morgan fingerprint density at radius 3 is 3.17 bits per heavy atom. The first kappa shape index (κ1) is 8.11. The number of halogens is 1. The van der Waals surface area contributed by atoms with Gasteiger partial charge in [-0.05, 0) is 30.0 Å². The van der Waals surface area contributed by atoms with Gasteiger partial charge in [-0.3, -0.25) is 0 Å². The fraction of sp³-hybridized carbons (Fsp3) is 0.400. The molecule has 1 aliphatic heterocycles. The lowest BCUT2D eigenvalue weighted by atomic mass is 10.1. The monoisotopic (exact) mass is 225 g/mol. The molecule has 0 fully saturated rings. The topological polar surface area (TPSA) is 12.0 Å². The summed E-state index contributed by atoms with van der Waals surface area (Å²) in [7, 11) is 0. The second-order valence-corrected chi connectivity index (χ2v) is 3.90. The number of hydrogen-bond acceptors (Lipinski definition) is 1. The van der Waals surface area contributed by atoms with E-state index in [2.05, 4.69) is 39.4 Å². The van der Waals surface area contributed by atoms with E-state index in [1.165, 1.54) is 23.2 Å². The van der Waals surface area contributed by atoms with E-state index in [1.54, 1.807) is 0 Å². The van der Waals surface area contributed by atoms with Crippen LogP contribution in [0.15, 0.2) is 18.2 Å². The third kappa shape index (κ3) is 1.48. The van der Waals surface area contributed by atoms with Gasteiger partial charge in [0, 0.05) is 17.6 Å². The number of aryl methyl sites for hydroxylation is 1. The van der Waals surface area contributed by atoms with Gasteiger partial charge in [-0.25, -0.2) is 0 Å². The molecule has 1 heterocycles. The fourth-order valence-corrected chi connectivity index (χ4v) is 2.08. The third-order valence-electron chi connectivity index (χ3n) is 2.26. The summed E-state index contributed by atoms with van der Waals surface area (Å²) in [5.74, 6) is 0. The minimum absolute atomic E-state index is 1.05. The van der Waals surface area contributed by atoms with Gasteiger partial charge in [-0.15, -0.1) is 0 Å². The van der Waals surface area contributed by atoms with Crippen molar-refractivity contribution in [3.63, 3.8) is 0 Å². The van der Waals surface area contributed by atoms with Crippen LogP contribution < -0.4 is 5.32 Å². The molecule has 0 unspecified atom stereocenters. The van der Waals surface area contributed by atoms with E-state index < -0.39 is 0 Å². The van der Waals surface area contributed by atoms with Gasteiger partial charge in [0.1, 0.15) is 0 Å². The molecular weight excluding hydrogens is 214 g/mol. The van der Waals surface area contributed by atoms with Crippen LogP contribution in [0.5, 0.6) is 0 Å². The molecule has 12 heavy (non-hydrogen) atoms. The minimum Gasteiger partial charge on any atom is -0.384 e. The Bertz CT molecular complexity index is 283. The number of anilines is 1. The molecule has 0 atom stereocenters. The fourth-order valence-electron chi connectivity index (χ4n) is 1.62. The number of alkyl halides is 1. The summed E-state index contributed by atoms with van der Waals surface area (Å²) in [6.07, 6.45) is 2.32. The Balaban J connectivity index is 2.26. The zero-order valence-electron chi connectivity index (χ0n) is 6.94. The van der Waals surface area contributed by atoms with Crippen LogP contribution in [-0.4, -0.2) is 11.9 Å². The second kappa shape index (κ2) is 3.48. The molecule has 1 aromatic rings. The molecule has 0 amide bonds. The molecule has 0 saturated heterocycles. The number of hydrogen-bond donors (Lipinski definition) is 1. The average Bonchev–Trinajstić information content (AvgIpc) is 2.51. The zero-order valence-corrected chi connectivity index (χ0v) is 8.52. The number of nitrogens with one attached hydrogen (secondary N) is 1. The van der Waals surface area contributed by atoms with Crippen LogP contribution in [-0.2, 0) is 12.8 Å². The van der Waals surface area contributed by atoms with E-state index in [9.17, 15) is 0 Å². The van der Waals surface area contributed by atoms with Gasteiger partial charge in [0.2, 0.25) is 0 Å². The molecule has 0 bridgehead atoms. The largest absolute Gasteiger partial charge is 0.384 e. The quantitative estimate of drug-likeness (QED) is 0.764. The normalized spacial score (nSPS) is 14.1. The lowest BCUT2D eigenvalue weighted by Crippen LogP contribution is -1.90. The van der Waals surface area contributed by atoms with Gasteiger partial charge in [0.25, 0.3) is 0 Å². The van der Waals surface area contributed by atoms with Gasteiger partial charge in [-0.2, -0.15) is 0 Å². The van der Waals surface area contributed by atoms with Crippen LogP contribution in [0.25, 0.3) is 0 Å². The van der Waals surface area contributed by atoms with E-state index in [4.69, 9.17) is 0 Å². The summed E-state index contributed by atoms with van der Waals surface area (Å²) in [5.41, 5.74) is 4.25. The summed E-state index contributed by atoms with van der Waals surface area (Å²) in [5, 5.41) is 4.41. The van der Waals surface area contributed by atoms with Crippen molar-refractivity contribution in [1.29, 1.82) is 0 Å². The first-order valence-electron chi connectivity index (χ1n) is 4.32. The third-order valence-corrected chi connectivity index (χ3v) is 2.66. The lowest BCUT2D eigenvalue weighted by molar-refractivity contribution is 1.09. The highest BCUT2D eigenvalue weighted by Crippen LogP contribution is 2.23. The van der Waals surface area contributed by atoms with Gasteiger partial charge in [-0.1, -0.05) is 28.1 Å². The summed E-state index contributed by atoms with van der Waals surface area (Å²) in [6.45, 7) is 1.10. The van der Waals surface area contributed by atoms with Gasteiger partial charge in [0.15, 0.2) is 0 Å². The maximum Gasteiger partial charge on any atom is 0.0373 e. The van der Waals surface area contributed by atoms with Crippen molar-refractivity contribution in [3.05, 3.63) is 29.3 Å². The highest BCUT2D eigenvalue weighted by atomic mass is 79.9. The van der Waals surface area contributed by atoms with Crippen LogP contribution in [0.1, 0.15) is 11.1 Å². The van der Waals surface area contributed by atoms with Gasteiger partial charge >= 0.3 is 0 Å². The van der Waals surface area contributed by atoms with Crippen LogP contribution in [0.4, 0.5) is 5.69 Å². The molecule has 2 heteroatoms. The standard InChI is InChI=1S/C10H12BrN/c11-5-3-8-1-2-10-9(7-8)4-6-12-10/h1-2,7,12H,3-6H2. The van der Waals surface area contributed by atoms with Crippen molar-refractivity contribution in [2.45, 2.75) is 12.8 Å². The van der Waals surface area contributed by atoms with E-state index in [0.717, 1.165) is 18.3 Å². The molecule has 64 valence electrons. The van der Waals surface area contributed by atoms with E-state index in [-0.39, 0.29) is 0 Å². The molecule has 0 spiro atoms. The first-order valence-corrected chi connectivity index (χ1v) is 5.44. The predicted octanol–water partition coefficient (Wildman–Crippen LogP) is 2.59. The maximum atomic E-state index is 3.45. The molecule has 2 rings (SSSR count). The highest BCUT2D eigenvalue weighted by molar-refractivity contribution is 9.09. The number of rotatable bonds is 2. The van der Waals surface area contributed by atoms with Crippen molar-refractivity contribution >= 4 is 21.6 Å². The van der Waals surface area contributed by atoms with E-state index in [1.807, 2.05) is 0 Å². The van der Waals surface area contributed by atoms with E-state index in [0.29, 0.717) is 0 Å². The SMILES string of the molecule is BrCCc1ccc2c(c1)CCN2. The molecular formula is C10H12BrN. The first-order chi connectivity index (χ1) is 5.90. The Morgan fingerprint density at radius 1 is 1.42 bits per heavy atom. The number of benzene rings is 1. The molecule has 0 radical (unpaired) electrons. The average molecular weight is 226 g/mol. The Morgan fingerprint density at radius 2 is 2.33 bits per heavy atom. The Hall–Kier alpha value is -0.500. The molecule has 1 nitrogen and oxygen atoms in total. The molecule has 1 N–H and O–H groups in total. The highest BCUT2D eigenvalue weighted by Gasteiger charge is 2.08. The summed E-state index contributed by atoms with van der Waals surface area (Å²) >= 11 is 3.45. The summed E-state index contributed by atoms with van der Waals surface area (Å²) in [6, 6.07) is 6.72. The lowest BCUT2D eigenvalue weighted by Gasteiger charge is -2.02. The summed E-state index contributed by atoms with van der Waals surface area (Å²) < 4.78 is 0. The Kier molecular flexibility index (Phi) is 2.35. The van der Waals surface area contributed by atoms with Crippen LogP contribution >= 0.6 is 15.9 Å². The van der Waals surface area contributed by atoms with Crippen LogP contribution in [0.3, 0.4) is 0 Å². The molecule has 0 aromatic heterocycles. The van der Waals surface area contributed by atoms with Crippen LogP contribution in [0.2, 0.25) is 0 Å². The molecule has 0 saturated carbocycles. The predicted molar refractivity (Wildman–Crippen MR) is 56.1 cm³/mol. The van der Waals surface area contributed by atoms with Crippen molar-refractivity contribution < 1.29 is 0 Å². The van der Waals surface area contributed by atoms with Crippen molar-refractivity contribution in [3.8, 4) is 0 Å². The number of fused-ring (bicyclic) bond motifs is 1.